The number of hydrogen-bond acceptors (Lipinski definition) is 3. The summed E-state index contributed by atoms with van der Waals surface area (Å²) in [7, 11) is 0. The molecule has 0 atom stereocenters. The van der Waals surface area contributed by atoms with E-state index in [0.29, 0.717) is 23.7 Å². The van der Waals surface area contributed by atoms with Gasteiger partial charge in [-0.15, -0.1) is 0 Å². The van der Waals surface area contributed by atoms with Gasteiger partial charge in [-0.3, -0.25) is 5.21 Å². The van der Waals surface area contributed by atoms with Crippen molar-refractivity contribution >= 4 is 6.03 Å². The summed E-state index contributed by atoms with van der Waals surface area (Å²) in [6, 6.07) is -0.573. The molecule has 0 rings (SSSR count). The lowest BCUT2D eigenvalue weighted by molar-refractivity contribution is -0.0422. The van der Waals surface area contributed by atoms with Crippen LogP contribution in [-0.2, 0) is 0 Å². The van der Waals surface area contributed by atoms with E-state index in [1.807, 2.05) is 0 Å². The lowest BCUT2D eigenvalue weighted by Gasteiger charge is -2.14. The van der Waals surface area contributed by atoms with E-state index in [1.54, 1.807) is 6.92 Å². The van der Waals surface area contributed by atoms with Crippen LogP contribution in [0.2, 0.25) is 0 Å². The molecular formula is C7H15N3O2. The first-order valence-corrected chi connectivity index (χ1v) is 3.71. The zero-order chi connectivity index (χ0) is 9.56. The summed E-state index contributed by atoms with van der Waals surface area (Å²) in [6.07, 6.45) is 0.570. The Balaban J connectivity index is 3.69. The molecule has 0 aromatic carbocycles. The highest BCUT2D eigenvalue weighted by atomic mass is 16.5. The van der Waals surface area contributed by atoms with Crippen LogP contribution in [0.4, 0.5) is 4.79 Å². The molecule has 2 amide bonds. The van der Waals surface area contributed by atoms with Crippen molar-refractivity contribution in [1.82, 2.24) is 10.4 Å². The minimum Gasteiger partial charge on any atom is -0.330 e. The minimum atomic E-state index is -0.573. The number of carbonyl (C=O) groups is 1. The summed E-state index contributed by atoms with van der Waals surface area (Å²) >= 11 is 0. The van der Waals surface area contributed by atoms with Gasteiger partial charge >= 0.3 is 6.03 Å². The summed E-state index contributed by atoms with van der Waals surface area (Å²) in [4.78, 5) is 10.9. The topological polar surface area (TPSA) is 78.6 Å². The van der Waals surface area contributed by atoms with Crippen LogP contribution in [0.1, 0.15) is 13.3 Å². The summed E-state index contributed by atoms with van der Waals surface area (Å²) < 4.78 is 0. The third-order valence-electron chi connectivity index (χ3n) is 1.13. The van der Waals surface area contributed by atoms with E-state index < -0.39 is 6.03 Å². The molecular weight excluding hydrogens is 158 g/mol. The van der Waals surface area contributed by atoms with Gasteiger partial charge in [-0.2, -0.15) is 0 Å². The smallest absolute Gasteiger partial charge is 0.330 e. The molecule has 4 N–H and O–H groups in total. The Hall–Kier alpha value is -1.07. The number of amides is 2. The lowest BCUT2D eigenvalue weighted by Crippen LogP contribution is -2.37. The quantitative estimate of drug-likeness (QED) is 0.421. The van der Waals surface area contributed by atoms with Gasteiger partial charge in [0, 0.05) is 5.70 Å². The number of hydrogen-bond donors (Lipinski definition) is 3. The summed E-state index contributed by atoms with van der Waals surface area (Å²) in [5.41, 5.74) is 5.68. The van der Waals surface area contributed by atoms with Gasteiger partial charge in [-0.25, -0.2) is 9.86 Å². The van der Waals surface area contributed by atoms with Gasteiger partial charge in [0.05, 0.1) is 6.54 Å². The number of hydroxylamine groups is 2. The molecule has 0 aliphatic rings. The number of nitrogens with zero attached hydrogens (tertiary/aromatic N) is 1. The van der Waals surface area contributed by atoms with Crippen molar-refractivity contribution in [1.29, 1.82) is 0 Å². The van der Waals surface area contributed by atoms with E-state index in [9.17, 15) is 4.79 Å². The fourth-order valence-electron chi connectivity index (χ4n) is 0.590. The Kier molecular flexibility index (Phi) is 5.07. The van der Waals surface area contributed by atoms with E-state index in [-0.39, 0.29) is 6.54 Å². The molecule has 0 aliphatic heterocycles. The molecule has 0 bridgehead atoms. The first-order valence-electron chi connectivity index (χ1n) is 3.71. The predicted octanol–water partition coefficient (Wildman–Crippen LogP) is 0.270. The van der Waals surface area contributed by atoms with Crippen molar-refractivity contribution < 1.29 is 10.0 Å². The molecule has 5 heteroatoms. The Bertz CT molecular complexity index is 170. The maximum atomic E-state index is 10.9. The fraction of sp³-hybridized carbons (Fsp3) is 0.571. The average Bonchev–Trinajstić information content (AvgIpc) is 1.98. The monoisotopic (exact) mass is 173 g/mol. The Morgan fingerprint density at radius 2 is 2.33 bits per heavy atom. The molecule has 0 aliphatic carbocycles. The van der Waals surface area contributed by atoms with Gasteiger partial charge in [-0.05, 0) is 19.9 Å². The van der Waals surface area contributed by atoms with Gasteiger partial charge < -0.3 is 11.1 Å². The largest absolute Gasteiger partial charge is 0.345 e. The fourth-order valence-corrected chi connectivity index (χ4v) is 0.590. The number of nitrogens with one attached hydrogen (secondary N) is 1. The van der Waals surface area contributed by atoms with Crippen LogP contribution in [0, 0.1) is 0 Å². The number of allylic oxidation sites excluding steroid dienone is 1. The van der Waals surface area contributed by atoms with Crippen molar-refractivity contribution in [3.05, 3.63) is 12.3 Å². The maximum Gasteiger partial charge on any atom is 0.345 e. The van der Waals surface area contributed by atoms with Crippen LogP contribution in [0.5, 0.6) is 0 Å². The van der Waals surface area contributed by atoms with Crippen LogP contribution < -0.4 is 11.1 Å². The molecule has 70 valence electrons. The molecule has 0 saturated heterocycles. The van der Waals surface area contributed by atoms with Crippen molar-refractivity contribution in [2.24, 2.45) is 5.73 Å². The van der Waals surface area contributed by atoms with Crippen LogP contribution in [-0.4, -0.2) is 29.4 Å². The number of rotatable bonds is 4. The molecule has 0 unspecified atom stereocenters. The molecule has 5 nitrogen and oxygen atoms in total. The van der Waals surface area contributed by atoms with E-state index in [1.165, 1.54) is 0 Å². The third-order valence-corrected chi connectivity index (χ3v) is 1.13. The number of nitrogens with two attached hydrogens (primary N) is 1. The van der Waals surface area contributed by atoms with Crippen molar-refractivity contribution in [3.8, 4) is 0 Å². The Morgan fingerprint density at radius 1 is 1.75 bits per heavy atom. The summed E-state index contributed by atoms with van der Waals surface area (Å²) in [5.74, 6) is 0. The van der Waals surface area contributed by atoms with Crippen LogP contribution in [0.3, 0.4) is 0 Å². The highest BCUT2D eigenvalue weighted by Crippen LogP contribution is 1.89. The van der Waals surface area contributed by atoms with E-state index in [2.05, 4.69) is 11.9 Å². The second-order valence-electron chi connectivity index (χ2n) is 2.48. The molecule has 0 spiro atoms. The Morgan fingerprint density at radius 3 is 2.75 bits per heavy atom. The predicted molar refractivity (Wildman–Crippen MR) is 45.5 cm³/mol. The third kappa shape index (κ3) is 4.70. The second-order valence-corrected chi connectivity index (χ2v) is 2.48. The van der Waals surface area contributed by atoms with Crippen molar-refractivity contribution in [2.45, 2.75) is 13.3 Å². The normalized spacial score (nSPS) is 9.25. The average molecular weight is 173 g/mol. The molecule has 12 heavy (non-hydrogen) atoms. The maximum absolute atomic E-state index is 10.9. The van der Waals surface area contributed by atoms with E-state index >= 15 is 0 Å². The summed E-state index contributed by atoms with van der Waals surface area (Å²) in [5, 5.41) is 12.0. The molecule has 0 radical (unpaired) electrons. The van der Waals surface area contributed by atoms with Crippen LogP contribution in [0.25, 0.3) is 0 Å². The van der Waals surface area contributed by atoms with Crippen molar-refractivity contribution in [2.75, 3.05) is 13.1 Å². The highest BCUT2D eigenvalue weighted by molar-refractivity contribution is 5.74. The zero-order valence-electron chi connectivity index (χ0n) is 7.21. The standard InChI is InChI=1S/C7H15N3O2/c1-6(2)9-7(11)10(12)5-3-4-8/h12H,1,3-5,8H2,2H3,(H,9,11). The van der Waals surface area contributed by atoms with Gasteiger partial charge in [0.2, 0.25) is 0 Å². The van der Waals surface area contributed by atoms with E-state index in [4.69, 9.17) is 10.9 Å². The SMILES string of the molecule is C=C(C)NC(=O)N(O)CCCN. The minimum absolute atomic E-state index is 0.232. The first kappa shape index (κ1) is 10.9. The highest BCUT2D eigenvalue weighted by Gasteiger charge is 2.08. The van der Waals surface area contributed by atoms with E-state index in [0.717, 1.165) is 0 Å². The lowest BCUT2D eigenvalue weighted by atomic mass is 10.4. The molecule has 0 aromatic rings. The molecule has 0 aromatic heterocycles. The van der Waals surface area contributed by atoms with Gasteiger partial charge in [0.25, 0.3) is 0 Å². The van der Waals surface area contributed by atoms with Crippen LogP contribution in [0.15, 0.2) is 12.3 Å². The zero-order valence-corrected chi connectivity index (χ0v) is 7.21. The summed E-state index contributed by atoms with van der Waals surface area (Å²) in [6.45, 7) is 5.77. The van der Waals surface area contributed by atoms with Gasteiger partial charge in [-0.1, -0.05) is 6.58 Å². The molecule has 0 fully saturated rings. The number of urea groups is 1. The first-order chi connectivity index (χ1) is 5.57. The van der Waals surface area contributed by atoms with Crippen molar-refractivity contribution in [3.63, 3.8) is 0 Å². The van der Waals surface area contributed by atoms with Gasteiger partial charge in [0.15, 0.2) is 0 Å². The molecule has 0 heterocycles. The van der Waals surface area contributed by atoms with Crippen LogP contribution >= 0.6 is 0 Å². The molecule has 0 saturated carbocycles. The Labute approximate surface area is 71.8 Å². The second kappa shape index (κ2) is 5.56. The number of carbonyl (C=O) groups excluding carboxylic acids is 1. The van der Waals surface area contributed by atoms with Gasteiger partial charge in [0.1, 0.15) is 0 Å².